The van der Waals surface area contributed by atoms with Crippen LogP contribution in [-0.2, 0) is 11.2 Å². The second-order valence-corrected chi connectivity index (χ2v) is 6.95. The Morgan fingerprint density at radius 2 is 2.10 bits per heavy atom. The summed E-state index contributed by atoms with van der Waals surface area (Å²) < 4.78 is 0. The molecule has 0 saturated carbocycles. The van der Waals surface area contributed by atoms with Gasteiger partial charge in [0.15, 0.2) is 5.13 Å². The summed E-state index contributed by atoms with van der Waals surface area (Å²) in [6, 6.07) is 8.48. The first-order valence-electron chi connectivity index (χ1n) is 6.42. The molecule has 106 valence electrons. The van der Waals surface area contributed by atoms with Crippen molar-refractivity contribution in [1.29, 1.82) is 0 Å². The fourth-order valence-corrected chi connectivity index (χ4v) is 2.79. The summed E-state index contributed by atoms with van der Waals surface area (Å²) in [6.45, 7) is 3.97. The second kappa shape index (κ2) is 6.90. The molecule has 1 unspecified atom stereocenters. The number of benzene rings is 1. The Labute approximate surface area is 127 Å². The molecule has 5 heteroatoms. The maximum Gasteiger partial charge on any atom is 0.238 e. The van der Waals surface area contributed by atoms with Gasteiger partial charge in [-0.05, 0) is 25.7 Å². The van der Waals surface area contributed by atoms with Crippen LogP contribution in [0.25, 0.3) is 0 Å². The molecule has 2 rings (SSSR count). The Balaban J connectivity index is 1.98. The van der Waals surface area contributed by atoms with Crippen molar-refractivity contribution >= 4 is 34.1 Å². The van der Waals surface area contributed by atoms with E-state index in [1.165, 1.54) is 34.2 Å². The van der Waals surface area contributed by atoms with Crippen molar-refractivity contribution in [2.45, 2.75) is 25.5 Å². The van der Waals surface area contributed by atoms with E-state index in [-0.39, 0.29) is 11.2 Å². The first-order valence-corrected chi connectivity index (χ1v) is 8.53. The largest absolute Gasteiger partial charge is 0.301 e. The van der Waals surface area contributed by atoms with Crippen LogP contribution in [0.1, 0.15) is 22.9 Å². The highest BCUT2D eigenvalue weighted by Gasteiger charge is 2.13. The zero-order valence-electron chi connectivity index (χ0n) is 11.8. The minimum atomic E-state index is -0.0561. The van der Waals surface area contributed by atoms with E-state index in [9.17, 15) is 4.79 Å². The summed E-state index contributed by atoms with van der Waals surface area (Å²) >= 11 is 3.06. The molecule has 2 aromatic rings. The lowest BCUT2D eigenvalue weighted by atomic mass is 10.1. The molecule has 0 aliphatic heterocycles. The summed E-state index contributed by atoms with van der Waals surface area (Å²) in [7, 11) is 0. The normalized spacial score (nSPS) is 12.2. The van der Waals surface area contributed by atoms with Gasteiger partial charge in [-0.1, -0.05) is 29.8 Å². The molecule has 1 N–H and O–H groups in total. The van der Waals surface area contributed by atoms with Crippen LogP contribution in [0.2, 0.25) is 0 Å². The molecule has 0 spiro atoms. The number of aryl methyl sites for hydroxylation is 1. The topological polar surface area (TPSA) is 42.0 Å². The third kappa shape index (κ3) is 4.08. The van der Waals surface area contributed by atoms with E-state index in [0.29, 0.717) is 5.13 Å². The highest BCUT2D eigenvalue weighted by molar-refractivity contribution is 7.99. The van der Waals surface area contributed by atoms with E-state index in [0.717, 1.165) is 11.3 Å². The number of amides is 1. The molecular weight excluding hydrogens is 288 g/mol. The average molecular weight is 306 g/mol. The van der Waals surface area contributed by atoms with Crippen LogP contribution < -0.4 is 5.32 Å². The standard InChI is InChI=1S/C15H18N2OS2/c1-10-4-6-12(7-5-10)8-13-9-16-15(20-13)17-14(18)11(2)19-3/h4-7,9,11H,8H2,1-3H3,(H,16,17,18). The molecule has 1 aromatic heterocycles. The zero-order chi connectivity index (χ0) is 14.5. The van der Waals surface area contributed by atoms with Crippen LogP contribution in [0.3, 0.4) is 0 Å². The minimum absolute atomic E-state index is 0.00809. The number of aromatic nitrogens is 1. The van der Waals surface area contributed by atoms with Gasteiger partial charge in [-0.2, -0.15) is 11.8 Å². The number of thiazole rings is 1. The van der Waals surface area contributed by atoms with Crippen molar-refractivity contribution in [3.63, 3.8) is 0 Å². The molecule has 0 bridgehead atoms. The summed E-state index contributed by atoms with van der Waals surface area (Å²) in [5, 5.41) is 3.48. The van der Waals surface area contributed by atoms with Crippen molar-refractivity contribution in [3.8, 4) is 0 Å². The molecule has 0 fully saturated rings. The van der Waals surface area contributed by atoms with E-state index >= 15 is 0 Å². The SMILES string of the molecule is CSC(C)C(=O)Nc1ncc(Cc2ccc(C)cc2)s1. The van der Waals surface area contributed by atoms with Crippen LogP contribution in [0.15, 0.2) is 30.5 Å². The van der Waals surface area contributed by atoms with E-state index in [2.05, 4.69) is 41.5 Å². The number of hydrogen-bond donors (Lipinski definition) is 1. The Kier molecular flexibility index (Phi) is 5.20. The fraction of sp³-hybridized carbons (Fsp3) is 0.333. The Morgan fingerprint density at radius 1 is 1.40 bits per heavy atom. The third-order valence-electron chi connectivity index (χ3n) is 3.01. The predicted molar refractivity (Wildman–Crippen MR) is 87.7 cm³/mol. The van der Waals surface area contributed by atoms with Crippen molar-refractivity contribution in [2.24, 2.45) is 0 Å². The number of thioether (sulfide) groups is 1. The Bertz CT molecular complexity index is 578. The van der Waals surface area contributed by atoms with Gasteiger partial charge in [-0.3, -0.25) is 4.79 Å². The Morgan fingerprint density at radius 3 is 2.75 bits per heavy atom. The van der Waals surface area contributed by atoms with Crippen molar-refractivity contribution in [2.75, 3.05) is 11.6 Å². The lowest BCUT2D eigenvalue weighted by molar-refractivity contribution is -0.115. The van der Waals surface area contributed by atoms with Crippen LogP contribution >= 0.6 is 23.1 Å². The first kappa shape index (κ1) is 15.1. The van der Waals surface area contributed by atoms with E-state index in [1.54, 1.807) is 0 Å². The van der Waals surface area contributed by atoms with Crippen molar-refractivity contribution < 1.29 is 4.79 Å². The van der Waals surface area contributed by atoms with Crippen LogP contribution in [0, 0.1) is 6.92 Å². The van der Waals surface area contributed by atoms with Gasteiger partial charge < -0.3 is 5.32 Å². The van der Waals surface area contributed by atoms with Crippen LogP contribution in [0.5, 0.6) is 0 Å². The van der Waals surface area contributed by atoms with Gasteiger partial charge in [-0.15, -0.1) is 11.3 Å². The number of carbonyl (C=O) groups is 1. The van der Waals surface area contributed by atoms with Gasteiger partial charge in [0.05, 0.1) is 5.25 Å². The van der Waals surface area contributed by atoms with Gasteiger partial charge in [0, 0.05) is 17.5 Å². The predicted octanol–water partition coefficient (Wildman–Crippen LogP) is 3.73. The maximum atomic E-state index is 11.8. The molecule has 1 atom stereocenters. The third-order valence-corrected chi connectivity index (χ3v) is 4.84. The minimum Gasteiger partial charge on any atom is -0.301 e. The zero-order valence-corrected chi connectivity index (χ0v) is 13.5. The number of carbonyl (C=O) groups excluding carboxylic acids is 1. The molecule has 3 nitrogen and oxygen atoms in total. The molecule has 0 saturated heterocycles. The summed E-state index contributed by atoms with van der Waals surface area (Å²) in [5.74, 6) is 0.00809. The van der Waals surface area contributed by atoms with E-state index < -0.39 is 0 Å². The van der Waals surface area contributed by atoms with Crippen LogP contribution in [-0.4, -0.2) is 22.4 Å². The number of nitrogens with zero attached hydrogens (tertiary/aromatic N) is 1. The van der Waals surface area contributed by atoms with Gasteiger partial charge in [-0.25, -0.2) is 4.98 Å². The molecule has 1 amide bonds. The number of hydrogen-bond acceptors (Lipinski definition) is 4. The molecular formula is C15H18N2OS2. The van der Waals surface area contributed by atoms with Gasteiger partial charge in [0.25, 0.3) is 0 Å². The van der Waals surface area contributed by atoms with Gasteiger partial charge in [0.2, 0.25) is 5.91 Å². The van der Waals surface area contributed by atoms with Crippen LogP contribution in [0.4, 0.5) is 5.13 Å². The smallest absolute Gasteiger partial charge is 0.238 e. The lowest BCUT2D eigenvalue weighted by Crippen LogP contribution is -2.21. The summed E-state index contributed by atoms with van der Waals surface area (Å²) in [5.41, 5.74) is 2.52. The number of nitrogens with one attached hydrogen (secondary N) is 1. The number of anilines is 1. The van der Waals surface area contributed by atoms with Crippen molar-refractivity contribution in [1.82, 2.24) is 4.98 Å². The summed E-state index contributed by atoms with van der Waals surface area (Å²) in [4.78, 5) is 17.2. The lowest BCUT2D eigenvalue weighted by Gasteiger charge is -2.06. The molecule has 0 radical (unpaired) electrons. The van der Waals surface area contributed by atoms with Gasteiger partial charge in [0.1, 0.15) is 0 Å². The highest BCUT2D eigenvalue weighted by atomic mass is 32.2. The number of rotatable bonds is 5. The highest BCUT2D eigenvalue weighted by Crippen LogP contribution is 2.22. The maximum absolute atomic E-state index is 11.8. The molecule has 0 aliphatic rings. The molecule has 20 heavy (non-hydrogen) atoms. The van der Waals surface area contributed by atoms with E-state index in [4.69, 9.17) is 0 Å². The second-order valence-electron chi connectivity index (χ2n) is 4.66. The fourth-order valence-electron chi connectivity index (χ4n) is 1.67. The quantitative estimate of drug-likeness (QED) is 0.915. The molecule has 0 aliphatic carbocycles. The molecule has 1 heterocycles. The Hall–Kier alpha value is -1.33. The van der Waals surface area contributed by atoms with Crippen molar-refractivity contribution in [3.05, 3.63) is 46.5 Å². The monoisotopic (exact) mass is 306 g/mol. The molecule has 1 aromatic carbocycles. The van der Waals surface area contributed by atoms with Gasteiger partial charge >= 0.3 is 0 Å². The summed E-state index contributed by atoms with van der Waals surface area (Å²) in [6.07, 6.45) is 4.62. The van der Waals surface area contributed by atoms with E-state index in [1.807, 2.05) is 19.4 Å². The average Bonchev–Trinajstić information content (AvgIpc) is 2.87. The first-order chi connectivity index (χ1) is 9.58.